The summed E-state index contributed by atoms with van der Waals surface area (Å²) in [5, 5.41) is 3.27. The first-order valence-electron chi connectivity index (χ1n) is 5.92. The first-order chi connectivity index (χ1) is 7.54. The van der Waals surface area contributed by atoms with Crippen molar-refractivity contribution in [3.63, 3.8) is 0 Å². The van der Waals surface area contributed by atoms with Gasteiger partial charge in [0.05, 0.1) is 0 Å². The van der Waals surface area contributed by atoms with Gasteiger partial charge in [0, 0.05) is 6.04 Å². The van der Waals surface area contributed by atoms with Gasteiger partial charge in [0.25, 0.3) is 0 Å². The molecule has 0 spiro atoms. The lowest BCUT2D eigenvalue weighted by molar-refractivity contribution is 0.238. The molecule has 1 atom stereocenters. The highest BCUT2D eigenvalue weighted by atomic mass is 16.5. The Morgan fingerprint density at radius 3 is 2.38 bits per heavy atom. The summed E-state index contributed by atoms with van der Waals surface area (Å²) in [6, 6.07) is 6.65. The Balaban J connectivity index is 2.57. The van der Waals surface area contributed by atoms with Gasteiger partial charge in [-0.1, -0.05) is 19.9 Å². The summed E-state index contributed by atoms with van der Waals surface area (Å²) in [6.45, 7) is 9.34. The molecule has 0 aliphatic rings. The summed E-state index contributed by atoms with van der Waals surface area (Å²) in [6.07, 6.45) is 0. The summed E-state index contributed by atoms with van der Waals surface area (Å²) in [5.74, 6) is 1.54. The normalized spacial score (nSPS) is 12.9. The van der Waals surface area contributed by atoms with E-state index in [4.69, 9.17) is 4.74 Å². The van der Waals surface area contributed by atoms with Gasteiger partial charge in [-0.25, -0.2) is 0 Å². The molecule has 0 amide bonds. The zero-order valence-corrected chi connectivity index (χ0v) is 11.0. The molecule has 0 aromatic heterocycles. The van der Waals surface area contributed by atoms with Gasteiger partial charge < -0.3 is 10.1 Å². The number of ether oxygens (including phenoxy) is 1. The molecule has 1 rings (SSSR count). The third-order valence-corrected chi connectivity index (χ3v) is 3.08. The predicted molar refractivity (Wildman–Crippen MR) is 69.1 cm³/mol. The van der Waals surface area contributed by atoms with E-state index in [2.05, 4.69) is 45.1 Å². The van der Waals surface area contributed by atoms with Crippen LogP contribution in [-0.2, 0) is 0 Å². The minimum Gasteiger partial charge on any atom is -0.492 e. The van der Waals surface area contributed by atoms with Gasteiger partial charge in [-0.15, -0.1) is 0 Å². The highest BCUT2D eigenvalue weighted by Gasteiger charge is 2.11. The molecule has 0 radical (unpaired) electrons. The third-order valence-electron chi connectivity index (χ3n) is 3.08. The maximum absolute atomic E-state index is 5.79. The quantitative estimate of drug-likeness (QED) is 0.825. The Labute approximate surface area is 99.0 Å². The van der Waals surface area contributed by atoms with Crippen LogP contribution in [0.25, 0.3) is 0 Å². The molecule has 1 N–H and O–H groups in total. The largest absolute Gasteiger partial charge is 0.492 e. The zero-order valence-electron chi connectivity index (χ0n) is 11.0. The van der Waals surface area contributed by atoms with Gasteiger partial charge in [-0.05, 0) is 50.1 Å². The molecule has 2 nitrogen and oxygen atoms in total. The molecular weight excluding hydrogens is 198 g/mol. The van der Waals surface area contributed by atoms with Crippen molar-refractivity contribution in [2.45, 2.75) is 33.7 Å². The van der Waals surface area contributed by atoms with Crippen molar-refractivity contribution in [1.29, 1.82) is 0 Å². The summed E-state index contributed by atoms with van der Waals surface area (Å²) in [4.78, 5) is 0. The lowest BCUT2D eigenvalue weighted by Gasteiger charge is -2.20. The average Bonchev–Trinajstić information content (AvgIpc) is 2.23. The fraction of sp³-hybridized carbons (Fsp3) is 0.571. The second-order valence-electron chi connectivity index (χ2n) is 4.70. The van der Waals surface area contributed by atoms with E-state index in [-0.39, 0.29) is 0 Å². The van der Waals surface area contributed by atoms with Crippen molar-refractivity contribution in [1.82, 2.24) is 5.32 Å². The van der Waals surface area contributed by atoms with E-state index in [9.17, 15) is 0 Å². The first-order valence-corrected chi connectivity index (χ1v) is 5.92. The minimum atomic E-state index is 0.404. The maximum atomic E-state index is 5.79. The SMILES string of the molecule is CNC(COc1ccc(C)c(C)c1)C(C)C. The van der Waals surface area contributed by atoms with Crippen LogP contribution >= 0.6 is 0 Å². The average molecular weight is 221 g/mol. The second kappa shape index (κ2) is 5.90. The molecule has 1 unspecified atom stereocenters. The van der Waals surface area contributed by atoms with Crippen LogP contribution in [0.5, 0.6) is 5.75 Å². The number of aryl methyl sites for hydroxylation is 2. The third kappa shape index (κ3) is 3.53. The van der Waals surface area contributed by atoms with Crippen LogP contribution in [-0.4, -0.2) is 19.7 Å². The number of rotatable bonds is 5. The zero-order chi connectivity index (χ0) is 12.1. The molecule has 0 aliphatic heterocycles. The van der Waals surface area contributed by atoms with E-state index in [1.165, 1.54) is 11.1 Å². The second-order valence-corrected chi connectivity index (χ2v) is 4.70. The maximum Gasteiger partial charge on any atom is 0.119 e. The molecule has 0 bridgehead atoms. The van der Waals surface area contributed by atoms with Crippen LogP contribution < -0.4 is 10.1 Å². The van der Waals surface area contributed by atoms with Crippen molar-refractivity contribution < 1.29 is 4.74 Å². The summed E-state index contributed by atoms with van der Waals surface area (Å²) in [5.41, 5.74) is 2.59. The fourth-order valence-electron chi connectivity index (χ4n) is 1.60. The van der Waals surface area contributed by atoms with E-state index in [0.717, 1.165) is 12.4 Å². The van der Waals surface area contributed by atoms with Crippen LogP contribution in [0.2, 0.25) is 0 Å². The number of nitrogens with one attached hydrogen (secondary N) is 1. The van der Waals surface area contributed by atoms with Gasteiger partial charge in [0.1, 0.15) is 12.4 Å². The summed E-state index contributed by atoms with van der Waals surface area (Å²) < 4.78 is 5.79. The van der Waals surface area contributed by atoms with E-state index >= 15 is 0 Å². The van der Waals surface area contributed by atoms with Crippen LogP contribution in [0.1, 0.15) is 25.0 Å². The highest BCUT2D eigenvalue weighted by Crippen LogP contribution is 2.17. The van der Waals surface area contributed by atoms with Gasteiger partial charge in [0.15, 0.2) is 0 Å². The number of hydrogen-bond acceptors (Lipinski definition) is 2. The van der Waals surface area contributed by atoms with E-state index < -0.39 is 0 Å². The Morgan fingerprint density at radius 2 is 1.88 bits per heavy atom. The molecule has 1 aromatic carbocycles. The number of hydrogen-bond donors (Lipinski definition) is 1. The van der Waals surface area contributed by atoms with Crippen LogP contribution in [0.3, 0.4) is 0 Å². The monoisotopic (exact) mass is 221 g/mol. The van der Waals surface area contributed by atoms with E-state index in [0.29, 0.717) is 12.0 Å². The fourth-order valence-corrected chi connectivity index (χ4v) is 1.60. The Bertz CT molecular complexity index is 334. The van der Waals surface area contributed by atoms with Crippen molar-refractivity contribution in [3.05, 3.63) is 29.3 Å². The topological polar surface area (TPSA) is 21.3 Å². The van der Waals surface area contributed by atoms with Crippen molar-refractivity contribution in [2.24, 2.45) is 5.92 Å². The predicted octanol–water partition coefficient (Wildman–Crippen LogP) is 2.93. The Kier molecular flexibility index (Phi) is 4.81. The van der Waals surface area contributed by atoms with Crippen molar-refractivity contribution in [2.75, 3.05) is 13.7 Å². The lowest BCUT2D eigenvalue weighted by Crippen LogP contribution is -2.36. The lowest BCUT2D eigenvalue weighted by atomic mass is 10.1. The van der Waals surface area contributed by atoms with Crippen molar-refractivity contribution >= 4 is 0 Å². The standard InChI is InChI=1S/C14H23NO/c1-10(2)14(15-5)9-16-13-7-6-11(3)12(4)8-13/h6-8,10,14-15H,9H2,1-5H3. The summed E-state index contributed by atoms with van der Waals surface area (Å²) in [7, 11) is 1.98. The van der Waals surface area contributed by atoms with Gasteiger partial charge in [0.2, 0.25) is 0 Å². The summed E-state index contributed by atoms with van der Waals surface area (Å²) >= 11 is 0. The molecule has 0 aliphatic carbocycles. The van der Waals surface area contributed by atoms with E-state index in [1.807, 2.05) is 13.1 Å². The van der Waals surface area contributed by atoms with Gasteiger partial charge >= 0.3 is 0 Å². The molecule has 1 aromatic rings. The minimum absolute atomic E-state index is 0.404. The number of likely N-dealkylation sites (N-methyl/N-ethyl adjacent to an activating group) is 1. The molecule has 16 heavy (non-hydrogen) atoms. The smallest absolute Gasteiger partial charge is 0.119 e. The van der Waals surface area contributed by atoms with Crippen LogP contribution in [0.4, 0.5) is 0 Å². The molecule has 0 saturated heterocycles. The molecule has 0 heterocycles. The first kappa shape index (κ1) is 13.0. The number of benzene rings is 1. The van der Waals surface area contributed by atoms with Gasteiger partial charge in [-0.3, -0.25) is 0 Å². The molecule has 90 valence electrons. The van der Waals surface area contributed by atoms with Gasteiger partial charge in [-0.2, -0.15) is 0 Å². The Hall–Kier alpha value is -1.02. The molecule has 2 heteroatoms. The molecular formula is C14H23NO. The van der Waals surface area contributed by atoms with Crippen molar-refractivity contribution in [3.8, 4) is 5.75 Å². The van der Waals surface area contributed by atoms with Crippen LogP contribution in [0.15, 0.2) is 18.2 Å². The Morgan fingerprint density at radius 1 is 1.19 bits per heavy atom. The van der Waals surface area contributed by atoms with Crippen LogP contribution in [0, 0.1) is 19.8 Å². The highest BCUT2D eigenvalue weighted by molar-refractivity contribution is 5.33. The molecule has 0 fully saturated rings. The molecule has 0 saturated carbocycles. The van der Waals surface area contributed by atoms with E-state index in [1.54, 1.807) is 0 Å².